The van der Waals surface area contributed by atoms with Gasteiger partial charge in [-0.15, -0.1) is 0 Å². The van der Waals surface area contributed by atoms with Gasteiger partial charge in [-0.3, -0.25) is 4.98 Å². The van der Waals surface area contributed by atoms with Crippen molar-refractivity contribution in [3.05, 3.63) is 47.3 Å². The summed E-state index contributed by atoms with van der Waals surface area (Å²) in [5.74, 6) is 0.686. The van der Waals surface area contributed by atoms with Crippen LogP contribution < -0.4 is 0 Å². The first-order chi connectivity index (χ1) is 8.63. The van der Waals surface area contributed by atoms with Crippen molar-refractivity contribution >= 4 is 0 Å². The topological polar surface area (TPSA) is 50.9 Å². The number of nitrogens with zero attached hydrogens (tertiary/aromatic N) is 3. The summed E-state index contributed by atoms with van der Waals surface area (Å²) < 4.78 is 1.99. The molecule has 0 amide bonds. The molecule has 18 heavy (non-hydrogen) atoms. The summed E-state index contributed by atoms with van der Waals surface area (Å²) in [5, 5.41) is 10.4. The zero-order valence-electron chi connectivity index (χ0n) is 11.1. The third kappa shape index (κ3) is 2.43. The Hall–Kier alpha value is -1.68. The maximum atomic E-state index is 10.4. The molecule has 0 radical (unpaired) electrons. The highest BCUT2D eigenvalue weighted by atomic mass is 16.3. The van der Waals surface area contributed by atoms with Crippen LogP contribution in [-0.2, 0) is 6.54 Å². The molecule has 0 saturated heterocycles. The van der Waals surface area contributed by atoms with Crippen LogP contribution in [0.25, 0.3) is 0 Å². The molecule has 2 aromatic heterocycles. The third-order valence-electron chi connectivity index (χ3n) is 3.02. The first-order valence-electron chi connectivity index (χ1n) is 6.26. The zero-order valence-corrected chi connectivity index (χ0v) is 11.1. The second kappa shape index (κ2) is 5.31. The number of pyridine rings is 1. The fraction of sp³-hybridized carbons (Fsp3) is 0.429. The predicted molar refractivity (Wildman–Crippen MR) is 70.3 cm³/mol. The fourth-order valence-corrected chi connectivity index (χ4v) is 2.12. The smallest absolute Gasteiger partial charge is 0.142 e. The molecule has 0 bridgehead atoms. The summed E-state index contributed by atoms with van der Waals surface area (Å²) >= 11 is 0. The Morgan fingerprint density at radius 3 is 2.78 bits per heavy atom. The van der Waals surface area contributed by atoms with Crippen molar-refractivity contribution in [1.82, 2.24) is 14.5 Å². The Balaban J connectivity index is 2.35. The summed E-state index contributed by atoms with van der Waals surface area (Å²) in [6, 6.07) is 3.84. The molecule has 2 heterocycles. The first-order valence-corrected chi connectivity index (χ1v) is 6.26. The van der Waals surface area contributed by atoms with Gasteiger partial charge in [0.1, 0.15) is 11.9 Å². The number of imidazole rings is 1. The minimum absolute atomic E-state index is 0.686. The van der Waals surface area contributed by atoms with Crippen LogP contribution in [0.15, 0.2) is 24.5 Å². The van der Waals surface area contributed by atoms with E-state index in [0.717, 1.165) is 29.9 Å². The van der Waals surface area contributed by atoms with Gasteiger partial charge in [0.2, 0.25) is 0 Å². The number of hydrogen-bond donors (Lipinski definition) is 1. The fourth-order valence-electron chi connectivity index (χ4n) is 2.12. The molecule has 96 valence electrons. The summed E-state index contributed by atoms with van der Waals surface area (Å²) in [5.41, 5.74) is 2.64. The minimum atomic E-state index is -0.709. The van der Waals surface area contributed by atoms with E-state index >= 15 is 0 Å². The Labute approximate surface area is 107 Å². The van der Waals surface area contributed by atoms with Crippen LogP contribution in [0.2, 0.25) is 0 Å². The molecule has 0 fully saturated rings. The average Bonchev–Trinajstić information content (AvgIpc) is 2.77. The van der Waals surface area contributed by atoms with Gasteiger partial charge < -0.3 is 9.67 Å². The predicted octanol–water partition coefficient (Wildman–Crippen LogP) is 2.39. The second-order valence-electron chi connectivity index (χ2n) is 4.51. The van der Waals surface area contributed by atoms with Gasteiger partial charge in [0, 0.05) is 35.9 Å². The van der Waals surface area contributed by atoms with E-state index in [1.807, 2.05) is 36.7 Å². The molecule has 1 atom stereocenters. The lowest BCUT2D eigenvalue weighted by Crippen LogP contribution is -2.11. The molecule has 0 aromatic carbocycles. The number of aryl methyl sites for hydroxylation is 3. The highest BCUT2D eigenvalue weighted by Gasteiger charge is 2.18. The van der Waals surface area contributed by atoms with Crippen LogP contribution in [0.3, 0.4) is 0 Å². The molecule has 1 unspecified atom stereocenters. The van der Waals surface area contributed by atoms with Crippen molar-refractivity contribution in [3.8, 4) is 0 Å². The van der Waals surface area contributed by atoms with Gasteiger partial charge in [-0.05, 0) is 26.3 Å². The van der Waals surface area contributed by atoms with Crippen molar-refractivity contribution in [2.45, 2.75) is 39.8 Å². The Bertz CT molecular complexity index is 534. The molecule has 1 N–H and O–H groups in total. The maximum absolute atomic E-state index is 10.4. The van der Waals surface area contributed by atoms with E-state index in [9.17, 15) is 5.11 Å². The Morgan fingerprint density at radius 1 is 1.33 bits per heavy atom. The highest BCUT2D eigenvalue weighted by Crippen LogP contribution is 2.23. The van der Waals surface area contributed by atoms with Crippen molar-refractivity contribution < 1.29 is 5.11 Å². The van der Waals surface area contributed by atoms with Crippen LogP contribution in [0, 0.1) is 13.8 Å². The Morgan fingerprint density at radius 2 is 2.11 bits per heavy atom. The lowest BCUT2D eigenvalue weighted by atomic mass is 10.1. The quantitative estimate of drug-likeness (QED) is 0.899. The van der Waals surface area contributed by atoms with E-state index in [2.05, 4.69) is 16.9 Å². The second-order valence-corrected chi connectivity index (χ2v) is 4.51. The Kier molecular flexibility index (Phi) is 3.77. The van der Waals surface area contributed by atoms with E-state index in [1.54, 1.807) is 6.20 Å². The van der Waals surface area contributed by atoms with E-state index < -0.39 is 6.10 Å². The van der Waals surface area contributed by atoms with Crippen LogP contribution in [0.1, 0.15) is 42.2 Å². The average molecular weight is 245 g/mol. The molecule has 4 nitrogen and oxygen atoms in total. The SMILES string of the molecule is CCCn1ccnc1C(O)c1ccc(C)nc1C. The molecular formula is C14H19N3O. The first kappa shape index (κ1) is 12.8. The van der Waals surface area contributed by atoms with Crippen molar-refractivity contribution in [3.63, 3.8) is 0 Å². The zero-order chi connectivity index (χ0) is 13.1. The van der Waals surface area contributed by atoms with Crippen LogP contribution >= 0.6 is 0 Å². The standard InChI is InChI=1S/C14H19N3O/c1-4-8-17-9-7-15-14(17)13(18)12-6-5-10(2)16-11(12)3/h5-7,9,13,18H,4,8H2,1-3H3. The van der Waals surface area contributed by atoms with Crippen molar-refractivity contribution in [2.24, 2.45) is 0 Å². The number of aliphatic hydroxyl groups excluding tert-OH is 1. The lowest BCUT2D eigenvalue weighted by molar-refractivity contribution is 0.203. The molecule has 2 rings (SSSR count). The molecule has 0 spiro atoms. The number of rotatable bonds is 4. The van der Waals surface area contributed by atoms with E-state index in [1.165, 1.54) is 0 Å². The maximum Gasteiger partial charge on any atom is 0.142 e. The molecule has 0 aliphatic heterocycles. The normalized spacial score (nSPS) is 12.7. The van der Waals surface area contributed by atoms with Crippen LogP contribution in [0.5, 0.6) is 0 Å². The summed E-state index contributed by atoms with van der Waals surface area (Å²) in [4.78, 5) is 8.64. The van der Waals surface area contributed by atoms with Crippen LogP contribution in [-0.4, -0.2) is 19.6 Å². The van der Waals surface area contributed by atoms with Gasteiger partial charge in [-0.2, -0.15) is 0 Å². The molecule has 0 saturated carbocycles. The number of hydrogen-bond acceptors (Lipinski definition) is 3. The molecule has 0 aliphatic carbocycles. The van der Waals surface area contributed by atoms with E-state index in [-0.39, 0.29) is 0 Å². The van der Waals surface area contributed by atoms with Gasteiger partial charge in [0.05, 0.1) is 0 Å². The summed E-state index contributed by atoms with van der Waals surface area (Å²) in [6.45, 7) is 6.83. The van der Waals surface area contributed by atoms with Gasteiger partial charge in [0.25, 0.3) is 0 Å². The van der Waals surface area contributed by atoms with E-state index in [4.69, 9.17) is 0 Å². The summed E-state index contributed by atoms with van der Waals surface area (Å²) in [7, 11) is 0. The third-order valence-corrected chi connectivity index (χ3v) is 3.02. The highest BCUT2D eigenvalue weighted by molar-refractivity contribution is 5.28. The van der Waals surface area contributed by atoms with Gasteiger partial charge in [-0.25, -0.2) is 4.98 Å². The van der Waals surface area contributed by atoms with Gasteiger partial charge in [0.15, 0.2) is 0 Å². The van der Waals surface area contributed by atoms with Crippen LogP contribution in [0.4, 0.5) is 0 Å². The molecule has 2 aromatic rings. The van der Waals surface area contributed by atoms with E-state index in [0.29, 0.717) is 5.82 Å². The summed E-state index contributed by atoms with van der Waals surface area (Å²) in [6.07, 6.45) is 3.94. The molecule has 0 aliphatic rings. The number of aromatic nitrogens is 3. The molecular weight excluding hydrogens is 226 g/mol. The minimum Gasteiger partial charge on any atom is -0.380 e. The molecule has 4 heteroatoms. The number of aliphatic hydroxyl groups is 1. The monoisotopic (exact) mass is 245 g/mol. The van der Waals surface area contributed by atoms with Gasteiger partial charge >= 0.3 is 0 Å². The van der Waals surface area contributed by atoms with Crippen molar-refractivity contribution in [1.29, 1.82) is 0 Å². The van der Waals surface area contributed by atoms with Gasteiger partial charge in [-0.1, -0.05) is 13.0 Å². The van der Waals surface area contributed by atoms with Crippen molar-refractivity contribution in [2.75, 3.05) is 0 Å². The largest absolute Gasteiger partial charge is 0.380 e. The lowest BCUT2D eigenvalue weighted by Gasteiger charge is -2.15.